The normalized spacial score (nSPS) is 10.8. The highest BCUT2D eigenvalue weighted by Gasteiger charge is 2.13. The van der Waals surface area contributed by atoms with Crippen molar-refractivity contribution in [2.75, 3.05) is 0 Å². The Hall–Kier alpha value is -3.89. The molecular weight excluding hydrogens is 324 g/mol. The van der Waals surface area contributed by atoms with Crippen molar-refractivity contribution in [3.05, 3.63) is 93.4 Å². The van der Waals surface area contributed by atoms with E-state index in [-0.39, 0.29) is 11.0 Å². The molecule has 3 rings (SSSR count). The highest BCUT2D eigenvalue weighted by atomic mass is 16.3. The third-order valence-electron chi connectivity index (χ3n) is 4.01. The van der Waals surface area contributed by atoms with Gasteiger partial charge in [0.25, 0.3) is 0 Å². The van der Waals surface area contributed by atoms with Crippen molar-refractivity contribution in [1.29, 1.82) is 10.5 Å². The summed E-state index contributed by atoms with van der Waals surface area (Å²) >= 11 is 0. The van der Waals surface area contributed by atoms with E-state index in [1.165, 1.54) is 6.26 Å². The molecule has 26 heavy (non-hydrogen) atoms. The SMILES string of the molecule is C/C(=C\c1coc2ccccc2c1=O)C(=C(C#N)C#N)c1ccccc1. The van der Waals surface area contributed by atoms with Crippen LogP contribution in [0.1, 0.15) is 18.1 Å². The van der Waals surface area contributed by atoms with Gasteiger partial charge in [-0.1, -0.05) is 42.5 Å². The van der Waals surface area contributed by atoms with Crippen molar-refractivity contribution >= 4 is 22.6 Å². The van der Waals surface area contributed by atoms with Gasteiger partial charge in [0.1, 0.15) is 29.6 Å². The van der Waals surface area contributed by atoms with Crippen LogP contribution in [0.5, 0.6) is 0 Å². The first-order valence-electron chi connectivity index (χ1n) is 7.95. The standard InChI is InChI=1S/C22H14N2O2/c1-15(21(18(12-23)13-24)16-7-3-2-4-8-16)11-17-14-26-20-10-6-5-9-19(20)22(17)25/h2-11,14H,1H3/b15-11+. The van der Waals surface area contributed by atoms with Crippen LogP contribution in [0.25, 0.3) is 22.6 Å². The first kappa shape index (κ1) is 17.0. The second-order valence-electron chi connectivity index (χ2n) is 5.68. The largest absolute Gasteiger partial charge is 0.463 e. The van der Waals surface area contributed by atoms with E-state index in [1.807, 2.05) is 42.5 Å². The van der Waals surface area contributed by atoms with Crippen LogP contribution >= 0.6 is 0 Å². The average molecular weight is 338 g/mol. The van der Waals surface area contributed by atoms with Gasteiger partial charge in [-0.2, -0.15) is 10.5 Å². The second-order valence-corrected chi connectivity index (χ2v) is 5.68. The predicted molar refractivity (Wildman–Crippen MR) is 101 cm³/mol. The first-order valence-corrected chi connectivity index (χ1v) is 7.95. The molecule has 2 aromatic carbocycles. The number of nitriles is 2. The summed E-state index contributed by atoms with van der Waals surface area (Å²) in [6.45, 7) is 1.77. The zero-order valence-corrected chi connectivity index (χ0v) is 14.1. The van der Waals surface area contributed by atoms with Crippen LogP contribution in [0.4, 0.5) is 0 Å². The van der Waals surface area contributed by atoms with Gasteiger partial charge >= 0.3 is 0 Å². The maximum Gasteiger partial charge on any atom is 0.199 e. The molecule has 0 unspecified atom stereocenters. The molecule has 0 N–H and O–H groups in total. The summed E-state index contributed by atoms with van der Waals surface area (Å²) in [7, 11) is 0. The van der Waals surface area contributed by atoms with E-state index >= 15 is 0 Å². The molecule has 0 aliphatic heterocycles. The Morgan fingerprint density at radius 1 is 1.00 bits per heavy atom. The molecule has 1 aromatic heterocycles. The zero-order valence-electron chi connectivity index (χ0n) is 14.1. The minimum absolute atomic E-state index is 0.00451. The van der Waals surface area contributed by atoms with Gasteiger partial charge in [0.05, 0.1) is 10.9 Å². The Morgan fingerprint density at radius 2 is 1.65 bits per heavy atom. The van der Waals surface area contributed by atoms with E-state index < -0.39 is 0 Å². The van der Waals surface area contributed by atoms with Crippen molar-refractivity contribution in [2.45, 2.75) is 6.92 Å². The molecule has 0 aliphatic rings. The van der Waals surface area contributed by atoms with Gasteiger partial charge in [-0.05, 0) is 36.3 Å². The molecule has 0 fully saturated rings. The molecule has 124 valence electrons. The van der Waals surface area contributed by atoms with Crippen LogP contribution < -0.4 is 5.43 Å². The van der Waals surface area contributed by atoms with Crippen LogP contribution in [-0.2, 0) is 0 Å². The summed E-state index contributed by atoms with van der Waals surface area (Å²) in [5.74, 6) is 0. The van der Waals surface area contributed by atoms with Crippen LogP contribution in [0.3, 0.4) is 0 Å². The molecule has 0 spiro atoms. The Labute approximate surface area is 150 Å². The third-order valence-corrected chi connectivity index (χ3v) is 4.01. The van der Waals surface area contributed by atoms with Crippen molar-refractivity contribution in [2.24, 2.45) is 0 Å². The van der Waals surface area contributed by atoms with E-state index in [1.54, 1.807) is 37.3 Å². The summed E-state index contributed by atoms with van der Waals surface area (Å²) in [6, 6.07) is 20.1. The number of fused-ring (bicyclic) bond motifs is 1. The first-order chi connectivity index (χ1) is 12.7. The minimum atomic E-state index is -0.158. The lowest BCUT2D eigenvalue weighted by molar-refractivity contribution is 0.601. The van der Waals surface area contributed by atoms with Gasteiger partial charge in [0, 0.05) is 5.57 Å². The van der Waals surface area contributed by atoms with E-state index in [0.29, 0.717) is 27.7 Å². The van der Waals surface area contributed by atoms with Gasteiger partial charge in [-0.3, -0.25) is 4.79 Å². The molecule has 0 aliphatic carbocycles. The molecule has 0 amide bonds. The fourth-order valence-corrected chi connectivity index (χ4v) is 2.81. The number of para-hydroxylation sites is 1. The Balaban J connectivity index is 2.20. The Kier molecular flexibility index (Phi) is 4.78. The number of allylic oxidation sites excluding steroid dienone is 3. The minimum Gasteiger partial charge on any atom is -0.463 e. The Morgan fingerprint density at radius 3 is 2.35 bits per heavy atom. The van der Waals surface area contributed by atoms with Crippen molar-refractivity contribution in [3.8, 4) is 12.1 Å². The molecule has 0 saturated heterocycles. The monoisotopic (exact) mass is 338 g/mol. The second kappa shape index (κ2) is 7.34. The topological polar surface area (TPSA) is 77.8 Å². The summed E-state index contributed by atoms with van der Waals surface area (Å²) in [5, 5.41) is 19.1. The molecule has 3 aromatic rings. The molecule has 0 saturated carbocycles. The molecule has 0 atom stereocenters. The van der Waals surface area contributed by atoms with E-state index in [2.05, 4.69) is 0 Å². The number of hydrogen-bond donors (Lipinski definition) is 0. The molecule has 4 heteroatoms. The van der Waals surface area contributed by atoms with Gasteiger partial charge in [-0.25, -0.2) is 0 Å². The van der Waals surface area contributed by atoms with Crippen LogP contribution in [0.15, 0.2) is 81.2 Å². The van der Waals surface area contributed by atoms with Gasteiger partial charge in [0.2, 0.25) is 0 Å². The number of hydrogen-bond acceptors (Lipinski definition) is 4. The molecule has 0 radical (unpaired) electrons. The number of nitrogens with zero attached hydrogens (tertiary/aromatic N) is 2. The van der Waals surface area contributed by atoms with Crippen molar-refractivity contribution in [1.82, 2.24) is 0 Å². The molecule has 1 heterocycles. The summed E-state index contributed by atoms with van der Waals surface area (Å²) in [6.07, 6.45) is 3.05. The highest BCUT2D eigenvalue weighted by molar-refractivity contribution is 5.90. The molecule has 4 nitrogen and oxygen atoms in total. The number of benzene rings is 2. The lowest BCUT2D eigenvalue weighted by Crippen LogP contribution is -2.05. The summed E-state index contributed by atoms with van der Waals surface area (Å²) < 4.78 is 5.53. The van der Waals surface area contributed by atoms with E-state index in [0.717, 1.165) is 5.56 Å². The fourth-order valence-electron chi connectivity index (χ4n) is 2.81. The fraction of sp³-hybridized carbons (Fsp3) is 0.0455. The van der Waals surface area contributed by atoms with E-state index in [4.69, 9.17) is 4.42 Å². The predicted octanol–water partition coefficient (Wildman–Crippen LogP) is 4.70. The van der Waals surface area contributed by atoms with Crippen molar-refractivity contribution in [3.63, 3.8) is 0 Å². The average Bonchev–Trinajstić information content (AvgIpc) is 2.69. The van der Waals surface area contributed by atoms with Gasteiger partial charge in [0.15, 0.2) is 5.43 Å². The molecule has 0 bridgehead atoms. The smallest absolute Gasteiger partial charge is 0.199 e. The Bertz CT molecular complexity index is 1150. The maximum absolute atomic E-state index is 12.7. The van der Waals surface area contributed by atoms with Crippen LogP contribution in [0.2, 0.25) is 0 Å². The molecular formula is C22H14N2O2. The maximum atomic E-state index is 12.7. The summed E-state index contributed by atoms with van der Waals surface area (Å²) in [4.78, 5) is 12.7. The van der Waals surface area contributed by atoms with Gasteiger partial charge in [-0.15, -0.1) is 0 Å². The number of rotatable bonds is 3. The quantitative estimate of drug-likeness (QED) is 0.512. The van der Waals surface area contributed by atoms with Crippen molar-refractivity contribution < 1.29 is 4.42 Å². The zero-order chi connectivity index (χ0) is 18.5. The summed E-state index contributed by atoms with van der Waals surface area (Å²) in [5.41, 5.74) is 2.60. The van der Waals surface area contributed by atoms with Crippen LogP contribution in [0, 0.1) is 22.7 Å². The third kappa shape index (κ3) is 3.17. The highest BCUT2D eigenvalue weighted by Crippen LogP contribution is 2.27. The van der Waals surface area contributed by atoms with Crippen LogP contribution in [-0.4, -0.2) is 0 Å². The van der Waals surface area contributed by atoms with E-state index in [9.17, 15) is 15.3 Å². The lowest BCUT2D eigenvalue weighted by atomic mass is 9.93. The van der Waals surface area contributed by atoms with Gasteiger partial charge < -0.3 is 4.42 Å². The lowest BCUT2D eigenvalue weighted by Gasteiger charge is -2.09.